The van der Waals surface area contributed by atoms with E-state index in [0.717, 1.165) is 8.66 Å². The second-order valence-corrected chi connectivity index (χ2v) is 5.63. The molecule has 0 unspecified atom stereocenters. The van der Waals surface area contributed by atoms with Gasteiger partial charge in [0.05, 0.1) is 16.8 Å². The lowest BCUT2D eigenvalue weighted by atomic mass is 10.3. The Morgan fingerprint density at radius 1 is 1.60 bits per heavy atom. The maximum absolute atomic E-state index is 11.7. The van der Waals surface area contributed by atoms with Crippen LogP contribution in [0.2, 0.25) is 0 Å². The molecule has 0 spiro atoms. The van der Waals surface area contributed by atoms with Crippen LogP contribution in [0.4, 0.5) is 0 Å². The predicted molar refractivity (Wildman–Crippen MR) is 65.1 cm³/mol. The number of carbonyl (C=O) groups is 1. The molecule has 0 saturated carbocycles. The van der Waals surface area contributed by atoms with Crippen LogP contribution in [0, 0.1) is 0 Å². The molecular formula is C10H14BrNO2S. The third-order valence-electron chi connectivity index (χ3n) is 2.06. The number of likely N-dealkylation sites (N-methyl/N-ethyl adjacent to an activating group) is 1. The Morgan fingerprint density at radius 2 is 2.33 bits per heavy atom. The quantitative estimate of drug-likeness (QED) is 0.900. The Morgan fingerprint density at radius 3 is 2.80 bits per heavy atom. The minimum absolute atomic E-state index is 0.0215. The first kappa shape index (κ1) is 12.7. The van der Waals surface area contributed by atoms with E-state index in [4.69, 9.17) is 5.11 Å². The lowest BCUT2D eigenvalue weighted by Gasteiger charge is -2.19. The van der Waals surface area contributed by atoms with Gasteiger partial charge in [0, 0.05) is 18.0 Å². The third kappa shape index (κ3) is 3.93. The maximum Gasteiger partial charge on any atom is 0.227 e. The Hall–Kier alpha value is -0.390. The minimum atomic E-state index is 0.0215. The molecule has 1 rings (SSSR count). The lowest BCUT2D eigenvalue weighted by Crippen LogP contribution is -2.34. The van der Waals surface area contributed by atoms with Crippen molar-refractivity contribution < 1.29 is 9.90 Å². The number of hydrogen-bond acceptors (Lipinski definition) is 3. The third-order valence-corrected chi connectivity index (χ3v) is 3.68. The van der Waals surface area contributed by atoms with Gasteiger partial charge in [0.15, 0.2) is 0 Å². The molecule has 0 aliphatic carbocycles. The molecule has 1 amide bonds. The van der Waals surface area contributed by atoms with Crippen molar-refractivity contribution in [3.05, 3.63) is 20.8 Å². The largest absolute Gasteiger partial charge is 0.395 e. The first-order chi connectivity index (χ1) is 7.17. The molecule has 0 aliphatic rings. The summed E-state index contributed by atoms with van der Waals surface area (Å²) in [6.45, 7) is 3.00. The van der Waals surface area contributed by atoms with Crippen LogP contribution >= 0.6 is 27.3 Å². The summed E-state index contributed by atoms with van der Waals surface area (Å²) in [6.07, 6.45) is 0.421. The van der Waals surface area contributed by atoms with Crippen LogP contribution < -0.4 is 0 Å². The van der Waals surface area contributed by atoms with E-state index in [1.807, 2.05) is 19.1 Å². The molecule has 1 N–H and O–H groups in total. The summed E-state index contributed by atoms with van der Waals surface area (Å²) in [5.41, 5.74) is 0. The van der Waals surface area contributed by atoms with E-state index in [9.17, 15) is 4.79 Å². The zero-order valence-corrected chi connectivity index (χ0v) is 11.0. The van der Waals surface area contributed by atoms with Crippen molar-refractivity contribution in [1.29, 1.82) is 0 Å². The molecule has 1 aromatic heterocycles. The molecule has 0 bridgehead atoms. The number of nitrogens with zero attached hydrogens (tertiary/aromatic N) is 1. The molecule has 15 heavy (non-hydrogen) atoms. The van der Waals surface area contributed by atoms with Gasteiger partial charge in [-0.2, -0.15) is 0 Å². The van der Waals surface area contributed by atoms with Crippen LogP contribution in [-0.2, 0) is 11.2 Å². The number of hydrogen-bond donors (Lipinski definition) is 1. The second-order valence-electron chi connectivity index (χ2n) is 3.08. The fourth-order valence-electron chi connectivity index (χ4n) is 1.29. The highest BCUT2D eigenvalue weighted by Gasteiger charge is 2.12. The molecule has 1 heterocycles. The number of rotatable bonds is 5. The number of thiophene rings is 1. The van der Waals surface area contributed by atoms with E-state index in [1.54, 1.807) is 16.2 Å². The van der Waals surface area contributed by atoms with Crippen molar-refractivity contribution in [2.75, 3.05) is 19.7 Å². The second kappa shape index (κ2) is 6.25. The lowest BCUT2D eigenvalue weighted by molar-refractivity contribution is -0.130. The molecule has 0 atom stereocenters. The summed E-state index contributed by atoms with van der Waals surface area (Å²) >= 11 is 4.93. The molecule has 5 heteroatoms. The summed E-state index contributed by atoms with van der Waals surface area (Å²) in [7, 11) is 0. The highest BCUT2D eigenvalue weighted by Crippen LogP contribution is 2.22. The van der Waals surface area contributed by atoms with E-state index < -0.39 is 0 Å². The SMILES string of the molecule is CCN(CCO)C(=O)Cc1ccc(Br)s1. The van der Waals surface area contributed by atoms with Crippen molar-refractivity contribution in [2.45, 2.75) is 13.3 Å². The van der Waals surface area contributed by atoms with Crippen molar-refractivity contribution in [2.24, 2.45) is 0 Å². The normalized spacial score (nSPS) is 10.3. The van der Waals surface area contributed by atoms with Crippen molar-refractivity contribution >= 4 is 33.2 Å². The van der Waals surface area contributed by atoms with Gasteiger partial charge in [-0.1, -0.05) is 0 Å². The van der Waals surface area contributed by atoms with Crippen LogP contribution in [-0.4, -0.2) is 35.6 Å². The Labute approximate surface area is 102 Å². The van der Waals surface area contributed by atoms with Crippen LogP contribution in [0.15, 0.2) is 15.9 Å². The van der Waals surface area contributed by atoms with Crippen molar-refractivity contribution in [1.82, 2.24) is 4.90 Å². The van der Waals surface area contributed by atoms with Gasteiger partial charge in [0.1, 0.15) is 0 Å². The maximum atomic E-state index is 11.7. The minimum Gasteiger partial charge on any atom is -0.395 e. The number of carbonyl (C=O) groups excluding carboxylic acids is 1. The van der Waals surface area contributed by atoms with Crippen LogP contribution in [0.3, 0.4) is 0 Å². The molecule has 84 valence electrons. The summed E-state index contributed by atoms with van der Waals surface area (Å²) in [5.74, 6) is 0.0703. The summed E-state index contributed by atoms with van der Waals surface area (Å²) in [4.78, 5) is 14.5. The number of halogens is 1. The van der Waals surface area contributed by atoms with E-state index in [-0.39, 0.29) is 12.5 Å². The molecule has 0 saturated heterocycles. The Bertz CT molecular complexity index is 327. The molecule has 1 aromatic rings. The monoisotopic (exact) mass is 291 g/mol. The van der Waals surface area contributed by atoms with E-state index in [1.165, 1.54) is 0 Å². The predicted octanol–water partition coefficient (Wildman–Crippen LogP) is 1.89. The zero-order valence-electron chi connectivity index (χ0n) is 8.57. The Kier molecular flexibility index (Phi) is 5.28. The summed E-state index contributed by atoms with van der Waals surface area (Å²) in [5, 5.41) is 8.79. The molecule has 0 aliphatic heterocycles. The van der Waals surface area contributed by atoms with Crippen LogP contribution in [0.25, 0.3) is 0 Å². The summed E-state index contributed by atoms with van der Waals surface area (Å²) < 4.78 is 1.04. The molecule has 0 fully saturated rings. The summed E-state index contributed by atoms with van der Waals surface area (Å²) in [6, 6.07) is 3.88. The van der Waals surface area contributed by atoms with Gasteiger partial charge in [-0.25, -0.2) is 0 Å². The number of aliphatic hydroxyl groups is 1. The molecule has 0 aromatic carbocycles. The van der Waals surface area contributed by atoms with Crippen LogP contribution in [0.1, 0.15) is 11.8 Å². The van der Waals surface area contributed by atoms with Gasteiger partial charge in [-0.15, -0.1) is 11.3 Å². The van der Waals surface area contributed by atoms with Gasteiger partial charge >= 0.3 is 0 Å². The van der Waals surface area contributed by atoms with Gasteiger partial charge in [0.25, 0.3) is 0 Å². The smallest absolute Gasteiger partial charge is 0.227 e. The van der Waals surface area contributed by atoms with E-state index in [2.05, 4.69) is 15.9 Å². The topological polar surface area (TPSA) is 40.5 Å². The standard InChI is InChI=1S/C10H14BrNO2S/c1-2-12(5-6-13)10(14)7-8-3-4-9(11)15-8/h3-4,13H,2,5-7H2,1H3. The van der Waals surface area contributed by atoms with Crippen LogP contribution in [0.5, 0.6) is 0 Å². The molecule has 3 nitrogen and oxygen atoms in total. The van der Waals surface area contributed by atoms with Gasteiger partial charge in [-0.05, 0) is 35.0 Å². The average Bonchev–Trinajstić information content (AvgIpc) is 2.60. The van der Waals surface area contributed by atoms with Gasteiger partial charge in [-0.3, -0.25) is 4.79 Å². The number of amides is 1. The highest BCUT2D eigenvalue weighted by atomic mass is 79.9. The fourth-order valence-corrected chi connectivity index (χ4v) is 2.76. The average molecular weight is 292 g/mol. The first-order valence-electron chi connectivity index (χ1n) is 4.80. The molecule has 0 radical (unpaired) electrons. The van der Waals surface area contributed by atoms with Crippen molar-refractivity contribution in [3.63, 3.8) is 0 Å². The van der Waals surface area contributed by atoms with Gasteiger partial charge < -0.3 is 10.0 Å². The fraction of sp³-hybridized carbons (Fsp3) is 0.500. The van der Waals surface area contributed by atoms with Crippen molar-refractivity contribution in [3.8, 4) is 0 Å². The number of aliphatic hydroxyl groups excluding tert-OH is 1. The first-order valence-corrected chi connectivity index (χ1v) is 6.41. The highest BCUT2D eigenvalue weighted by molar-refractivity contribution is 9.11. The Balaban J connectivity index is 2.53. The molecular weight excluding hydrogens is 278 g/mol. The van der Waals surface area contributed by atoms with Gasteiger partial charge in [0.2, 0.25) is 5.91 Å². The van der Waals surface area contributed by atoms with E-state index >= 15 is 0 Å². The zero-order chi connectivity index (χ0) is 11.3. The van der Waals surface area contributed by atoms with E-state index in [0.29, 0.717) is 19.5 Å².